The summed E-state index contributed by atoms with van der Waals surface area (Å²) in [5, 5.41) is 0. The molecule has 0 unspecified atom stereocenters. The molecule has 0 bridgehead atoms. The zero-order valence-corrected chi connectivity index (χ0v) is 7.54. The first kappa shape index (κ1) is 15.7. The molecule has 0 heterocycles. The van der Waals surface area contributed by atoms with Crippen LogP contribution in [-0.2, 0) is 36.0 Å². The van der Waals surface area contributed by atoms with Crippen LogP contribution in [-0.4, -0.2) is 0 Å². The third-order valence-corrected chi connectivity index (χ3v) is 0. The van der Waals surface area contributed by atoms with Crippen LogP contribution in [0.5, 0.6) is 0 Å². The Morgan fingerprint density at radius 3 is 1.00 bits per heavy atom. The van der Waals surface area contributed by atoms with Crippen molar-refractivity contribution in [1.29, 1.82) is 0 Å². The third-order valence-electron chi connectivity index (χ3n) is 0. The Bertz CT molecular complexity index is 15.5. The average molecular weight is 203 g/mol. The summed E-state index contributed by atoms with van der Waals surface area (Å²) in [4.78, 5) is 25.4. The molecule has 0 N–H and O–H groups in total. The minimum atomic E-state index is -3.37. The molecule has 6 heteroatoms. The second-order valence-corrected chi connectivity index (χ2v) is 0.671. The zero-order chi connectivity index (χ0) is 3.58. The Morgan fingerprint density at radius 1 is 1.00 bits per heavy atom. The van der Waals surface area contributed by atoms with Gasteiger partial charge in [0.05, 0.1) is 0 Å². The molecule has 0 aliphatic heterocycles. The Balaban J connectivity index is -0.0000000450. The third kappa shape index (κ3) is 52.2. The molecule has 0 saturated carbocycles. The normalized spacial score (nSPS) is 6.00. The van der Waals surface area contributed by atoms with Crippen molar-refractivity contribution >= 4 is 8.60 Å². The van der Waals surface area contributed by atoms with Crippen LogP contribution < -0.4 is 14.7 Å². The van der Waals surface area contributed by atoms with E-state index in [4.69, 9.17) is 14.7 Å². The number of hydrogen-bond donors (Lipinski definition) is 0. The van der Waals surface area contributed by atoms with E-state index < -0.39 is 8.60 Å². The fourth-order valence-electron chi connectivity index (χ4n) is 0. The molecule has 3 nitrogen and oxygen atoms in total. The monoisotopic (exact) mass is 201 g/mol. The van der Waals surface area contributed by atoms with Crippen LogP contribution in [0.3, 0.4) is 0 Å². The van der Waals surface area contributed by atoms with E-state index in [1.54, 1.807) is 0 Å². The predicted octanol–water partition coefficient (Wildman–Crippen LogP) is -2.71. The molecule has 34 valence electrons. The summed E-state index contributed by atoms with van der Waals surface area (Å²) in [6.07, 6.45) is 0. The minimum absolute atomic E-state index is 0. The Labute approximate surface area is 59.4 Å². The molecule has 0 amide bonds. The van der Waals surface area contributed by atoms with Gasteiger partial charge in [-0.1, -0.05) is 0 Å². The van der Waals surface area contributed by atoms with Gasteiger partial charge in [0.25, 0.3) is 0 Å². The summed E-state index contributed by atoms with van der Waals surface area (Å²) in [7, 11) is -3.37. The standard InChI is InChI=1S/Ni.O3P.Zn/c;1-4(2)3;/q+2;-3;+2. The maximum atomic E-state index is 8.48. The van der Waals surface area contributed by atoms with Gasteiger partial charge < -0.3 is 23.3 Å². The van der Waals surface area contributed by atoms with Crippen molar-refractivity contribution in [2.45, 2.75) is 0 Å². The zero-order valence-electron chi connectivity index (χ0n) is 2.70. The van der Waals surface area contributed by atoms with Crippen LogP contribution in [0, 0.1) is 0 Å². The molecule has 0 fully saturated rings. The van der Waals surface area contributed by atoms with E-state index in [1.807, 2.05) is 0 Å². The molecule has 0 aromatic rings. The van der Waals surface area contributed by atoms with E-state index in [0.717, 1.165) is 0 Å². The summed E-state index contributed by atoms with van der Waals surface area (Å²) in [6.45, 7) is 0. The van der Waals surface area contributed by atoms with Crippen LogP contribution in [0.2, 0.25) is 0 Å². The summed E-state index contributed by atoms with van der Waals surface area (Å²) in [5.74, 6) is 0. The van der Waals surface area contributed by atoms with Crippen molar-refractivity contribution < 1.29 is 50.6 Å². The summed E-state index contributed by atoms with van der Waals surface area (Å²) in [6, 6.07) is 0. The molecule has 0 aromatic heterocycles. The van der Waals surface area contributed by atoms with Gasteiger partial charge in [-0.05, 0) is 0 Å². The molecule has 0 aromatic carbocycles. The molecule has 0 aliphatic carbocycles. The average Bonchev–Trinajstić information content (AvgIpc) is 0.811. The summed E-state index contributed by atoms with van der Waals surface area (Å²) >= 11 is 0. The van der Waals surface area contributed by atoms with Gasteiger partial charge in [0.15, 0.2) is 0 Å². The van der Waals surface area contributed by atoms with E-state index in [1.165, 1.54) is 0 Å². The van der Waals surface area contributed by atoms with Crippen LogP contribution >= 0.6 is 8.60 Å². The Kier molecular flexibility index (Phi) is 25.2. The van der Waals surface area contributed by atoms with Gasteiger partial charge in [-0.25, -0.2) is 0 Å². The molecular weight excluding hydrogens is 203 g/mol. The first-order chi connectivity index (χ1) is 1.73. The maximum Gasteiger partial charge on any atom is 2.00 e. The second-order valence-electron chi connectivity index (χ2n) is 0.224. The minimum Gasteiger partial charge on any atom is -0.854 e. The SMILES string of the molecule is [Ni+2].[O-]P([O-])[O-].[Zn+2]. The molecule has 0 saturated heterocycles. The molecular formula is NiO3PZn+. The molecule has 0 aliphatic rings. The first-order valence-corrected chi connectivity index (χ1v) is 1.64. The van der Waals surface area contributed by atoms with Gasteiger partial charge in [0.1, 0.15) is 0 Å². The van der Waals surface area contributed by atoms with E-state index in [0.29, 0.717) is 0 Å². The van der Waals surface area contributed by atoms with Crippen LogP contribution in [0.4, 0.5) is 0 Å². The fourth-order valence-corrected chi connectivity index (χ4v) is 0. The van der Waals surface area contributed by atoms with E-state index in [-0.39, 0.29) is 36.0 Å². The second kappa shape index (κ2) is 9.66. The van der Waals surface area contributed by atoms with Crippen molar-refractivity contribution in [3.8, 4) is 0 Å². The van der Waals surface area contributed by atoms with Gasteiger partial charge >= 0.3 is 36.0 Å². The van der Waals surface area contributed by atoms with Crippen molar-refractivity contribution in [2.75, 3.05) is 0 Å². The number of hydrogen-bond acceptors (Lipinski definition) is 3. The molecule has 6 heavy (non-hydrogen) atoms. The van der Waals surface area contributed by atoms with Crippen LogP contribution in [0.15, 0.2) is 0 Å². The largest absolute Gasteiger partial charge is 2.00 e. The van der Waals surface area contributed by atoms with Crippen LogP contribution in [0.25, 0.3) is 0 Å². The topological polar surface area (TPSA) is 69.2 Å². The van der Waals surface area contributed by atoms with Gasteiger partial charge in [-0.15, -0.1) is 0 Å². The Morgan fingerprint density at radius 2 is 1.00 bits per heavy atom. The summed E-state index contributed by atoms with van der Waals surface area (Å²) in [5.41, 5.74) is 0. The van der Waals surface area contributed by atoms with Gasteiger partial charge in [-0.2, -0.15) is 0 Å². The smallest absolute Gasteiger partial charge is 0.854 e. The van der Waals surface area contributed by atoms with E-state index >= 15 is 0 Å². The van der Waals surface area contributed by atoms with E-state index in [2.05, 4.69) is 0 Å². The van der Waals surface area contributed by atoms with Crippen molar-refractivity contribution in [3.05, 3.63) is 0 Å². The van der Waals surface area contributed by atoms with Crippen LogP contribution in [0.1, 0.15) is 0 Å². The van der Waals surface area contributed by atoms with Crippen molar-refractivity contribution in [2.24, 2.45) is 0 Å². The fraction of sp³-hybridized carbons (Fsp3) is 0. The quantitative estimate of drug-likeness (QED) is 0.317. The molecule has 0 rings (SSSR count). The molecule has 0 atom stereocenters. The molecule has 0 spiro atoms. The van der Waals surface area contributed by atoms with Gasteiger partial charge in [-0.3, -0.25) is 0 Å². The van der Waals surface area contributed by atoms with Crippen molar-refractivity contribution in [3.63, 3.8) is 0 Å². The maximum absolute atomic E-state index is 8.48. The van der Waals surface area contributed by atoms with Gasteiger partial charge in [0, 0.05) is 0 Å². The Hall–Kier alpha value is 1.43. The summed E-state index contributed by atoms with van der Waals surface area (Å²) < 4.78 is 0. The van der Waals surface area contributed by atoms with E-state index in [9.17, 15) is 0 Å². The van der Waals surface area contributed by atoms with Gasteiger partial charge in [0.2, 0.25) is 0 Å². The predicted molar refractivity (Wildman–Crippen MR) is 6.92 cm³/mol. The number of rotatable bonds is 0. The van der Waals surface area contributed by atoms with Crippen molar-refractivity contribution in [1.82, 2.24) is 0 Å². The first-order valence-electron chi connectivity index (χ1n) is 0.548. The molecule has 0 radical (unpaired) electrons.